The molecular weight excluding hydrogens is 101 g/mol. The molecule has 0 atom stereocenters. The molecule has 0 nitrogen and oxygen atoms in total. The molecule has 0 rings (SSSR count). The Morgan fingerprint density at radius 2 is 2.25 bits per heavy atom. The Hall–Kier alpha value is 0.493. The van der Waals surface area contributed by atoms with Crippen LogP contribution in [0.1, 0.15) is 13.3 Å². The molecule has 1 heteroatoms. The Bertz CT molecular complexity index is 17.2. The van der Waals surface area contributed by atoms with E-state index in [4.69, 9.17) is 0 Å². The fraction of sp³-hybridized carbons (Fsp3) is 0.667. The van der Waals surface area contributed by atoms with Gasteiger partial charge in [0, 0.05) is 0 Å². The molecule has 0 aliphatic carbocycles. The molecule has 0 saturated heterocycles. The Morgan fingerprint density at radius 1 is 2.00 bits per heavy atom. The minimum atomic E-state index is 1.25. The predicted molar refractivity (Wildman–Crippen MR) is 16.4 cm³/mol. The van der Waals surface area contributed by atoms with Gasteiger partial charge in [0.2, 0.25) is 0 Å². The van der Waals surface area contributed by atoms with E-state index in [1.807, 2.05) is 0 Å². The third-order valence-corrected chi connectivity index (χ3v) is 1.50. The molecule has 0 heterocycles. The van der Waals surface area contributed by atoms with Gasteiger partial charge in [-0.25, -0.2) is 0 Å². The van der Waals surface area contributed by atoms with Crippen molar-refractivity contribution in [2.45, 2.75) is 13.3 Å². The third kappa shape index (κ3) is 2.49. The Morgan fingerprint density at radius 3 is 2.25 bits per heavy atom. The summed E-state index contributed by atoms with van der Waals surface area (Å²) in [6, 6.07) is 0. The second kappa shape index (κ2) is 3.49. The van der Waals surface area contributed by atoms with Crippen molar-refractivity contribution in [3.63, 3.8) is 0 Å². The quantitative estimate of drug-likeness (QED) is 0.434. The van der Waals surface area contributed by atoms with Crippen LogP contribution in [0.25, 0.3) is 0 Å². The van der Waals surface area contributed by atoms with Gasteiger partial charge in [-0.15, -0.1) is 0 Å². The molecule has 4 heavy (non-hydrogen) atoms. The van der Waals surface area contributed by atoms with Crippen molar-refractivity contribution >= 4 is 4.61 Å². The topological polar surface area (TPSA) is 0 Å². The summed E-state index contributed by atoms with van der Waals surface area (Å²) in [5.74, 6) is 0. The summed E-state index contributed by atoms with van der Waals surface area (Å²) in [6.45, 7) is 2.16. The molecule has 0 aromatic heterocycles. The van der Waals surface area contributed by atoms with Gasteiger partial charge in [-0.1, -0.05) is 0 Å². The summed E-state index contributed by atoms with van der Waals surface area (Å²) in [5.41, 5.74) is 0. The minimum absolute atomic E-state index is 1.25. The molecule has 0 bridgehead atoms. The first kappa shape index (κ1) is 4.49. The molecular formula is C3H6Zn. The summed E-state index contributed by atoms with van der Waals surface area (Å²) in [6.07, 6.45) is 1.25. The molecule has 0 N–H and O–H groups in total. The molecule has 0 aliphatic heterocycles. The van der Waals surface area contributed by atoms with Crippen LogP contribution in [-0.2, 0) is 17.9 Å². The fourth-order valence-corrected chi connectivity index (χ4v) is 0. The monoisotopic (exact) mass is 106 g/mol. The second-order valence-corrected chi connectivity index (χ2v) is 1.91. The van der Waals surface area contributed by atoms with E-state index in [9.17, 15) is 0 Å². The molecule has 0 fully saturated rings. The van der Waals surface area contributed by atoms with Gasteiger partial charge in [-0.2, -0.15) is 0 Å². The van der Waals surface area contributed by atoms with Gasteiger partial charge >= 0.3 is 35.8 Å². The summed E-state index contributed by atoms with van der Waals surface area (Å²) < 4.78 is 2.25. The van der Waals surface area contributed by atoms with Gasteiger partial charge in [0.15, 0.2) is 0 Å². The van der Waals surface area contributed by atoms with Gasteiger partial charge in [-0.3, -0.25) is 0 Å². The van der Waals surface area contributed by atoms with Gasteiger partial charge in [0.1, 0.15) is 0 Å². The summed E-state index contributed by atoms with van der Waals surface area (Å²) in [5, 5.41) is 0. The van der Waals surface area contributed by atoms with Crippen molar-refractivity contribution in [1.82, 2.24) is 0 Å². The van der Waals surface area contributed by atoms with E-state index in [1.54, 1.807) is 0 Å². The van der Waals surface area contributed by atoms with E-state index in [-0.39, 0.29) is 0 Å². The summed E-state index contributed by atoms with van der Waals surface area (Å²) >= 11 is 1.34. The average Bonchev–Trinajstić information content (AvgIpc) is 1.37. The normalized spacial score (nSPS) is 6.75. The SMILES string of the molecule is CC[CH]=[Zn]. The van der Waals surface area contributed by atoms with Gasteiger partial charge in [0.25, 0.3) is 0 Å². The Labute approximate surface area is 36.4 Å². The van der Waals surface area contributed by atoms with Crippen LogP contribution in [0.5, 0.6) is 0 Å². The average molecular weight is 107 g/mol. The molecule has 0 aliphatic rings. The van der Waals surface area contributed by atoms with Crippen molar-refractivity contribution in [2.24, 2.45) is 0 Å². The molecule has 20 valence electrons. The molecule has 0 spiro atoms. The molecule has 0 unspecified atom stereocenters. The van der Waals surface area contributed by atoms with Crippen LogP contribution in [-0.4, -0.2) is 4.61 Å². The summed E-state index contributed by atoms with van der Waals surface area (Å²) in [7, 11) is 0. The first-order valence-corrected chi connectivity index (χ1v) is 3.24. The molecule has 0 aromatic carbocycles. The van der Waals surface area contributed by atoms with Crippen molar-refractivity contribution in [3.05, 3.63) is 0 Å². The zero-order valence-electron chi connectivity index (χ0n) is 2.99. The van der Waals surface area contributed by atoms with Crippen LogP contribution in [0.4, 0.5) is 0 Å². The van der Waals surface area contributed by atoms with Gasteiger partial charge < -0.3 is 0 Å². The maximum atomic E-state index is 2.25. The first-order valence-electron chi connectivity index (χ1n) is 1.52. The first-order chi connectivity index (χ1) is 1.91. The zero-order chi connectivity index (χ0) is 3.41. The maximum absolute atomic E-state index is 2.25. The van der Waals surface area contributed by atoms with Crippen molar-refractivity contribution in [2.75, 3.05) is 0 Å². The van der Waals surface area contributed by atoms with E-state index in [2.05, 4.69) is 11.5 Å². The Balaban J connectivity index is 2.30. The van der Waals surface area contributed by atoms with Crippen LogP contribution in [0.3, 0.4) is 0 Å². The number of rotatable bonds is 1. The molecule has 0 aromatic rings. The van der Waals surface area contributed by atoms with Crippen LogP contribution < -0.4 is 0 Å². The van der Waals surface area contributed by atoms with Gasteiger partial charge in [-0.05, 0) is 0 Å². The summed E-state index contributed by atoms with van der Waals surface area (Å²) in [4.78, 5) is 0. The van der Waals surface area contributed by atoms with Crippen LogP contribution in [0, 0.1) is 0 Å². The number of hydrogen-bond acceptors (Lipinski definition) is 0. The Kier molecular flexibility index (Phi) is 3.92. The van der Waals surface area contributed by atoms with E-state index in [0.717, 1.165) is 0 Å². The van der Waals surface area contributed by atoms with E-state index < -0.39 is 0 Å². The third-order valence-electron chi connectivity index (χ3n) is 0.289. The second-order valence-electron chi connectivity index (χ2n) is 0.697. The molecule has 0 saturated carbocycles. The molecule has 0 amide bonds. The van der Waals surface area contributed by atoms with Gasteiger partial charge in [0.05, 0.1) is 0 Å². The zero-order valence-corrected chi connectivity index (χ0v) is 5.96. The van der Waals surface area contributed by atoms with Crippen molar-refractivity contribution in [1.29, 1.82) is 0 Å². The van der Waals surface area contributed by atoms with E-state index in [1.165, 1.54) is 24.3 Å². The standard InChI is InChI=1S/C3H6.Zn/c1-3-2;/h1H,3H2,2H3;. The van der Waals surface area contributed by atoms with Crippen molar-refractivity contribution in [3.8, 4) is 0 Å². The van der Waals surface area contributed by atoms with E-state index >= 15 is 0 Å². The van der Waals surface area contributed by atoms with E-state index in [0.29, 0.717) is 0 Å². The van der Waals surface area contributed by atoms with Crippen LogP contribution >= 0.6 is 0 Å². The van der Waals surface area contributed by atoms with Crippen LogP contribution in [0.15, 0.2) is 0 Å². The fourth-order valence-electron chi connectivity index (χ4n) is 0. The number of hydrogen-bond donors (Lipinski definition) is 0. The predicted octanol–water partition coefficient (Wildman–Crippen LogP) is 0.745. The van der Waals surface area contributed by atoms with Crippen molar-refractivity contribution < 1.29 is 17.9 Å². The van der Waals surface area contributed by atoms with Crippen LogP contribution in [0.2, 0.25) is 0 Å². The molecule has 0 radical (unpaired) electrons.